The lowest BCUT2D eigenvalue weighted by molar-refractivity contribution is 0.251. The molecule has 0 atom stereocenters. The van der Waals surface area contributed by atoms with Gasteiger partial charge in [0.05, 0.1) is 30.7 Å². The van der Waals surface area contributed by atoms with E-state index in [0.717, 1.165) is 5.56 Å². The number of halogens is 1. The van der Waals surface area contributed by atoms with E-state index in [1.807, 2.05) is 24.3 Å². The molecule has 9 heteroatoms. The van der Waals surface area contributed by atoms with Crippen LogP contribution >= 0.6 is 11.6 Å². The van der Waals surface area contributed by atoms with Crippen molar-refractivity contribution in [3.63, 3.8) is 0 Å². The molecule has 0 unspecified atom stereocenters. The number of aromatic nitrogens is 4. The van der Waals surface area contributed by atoms with Crippen molar-refractivity contribution >= 4 is 29.0 Å². The van der Waals surface area contributed by atoms with Gasteiger partial charge in [-0.05, 0) is 29.8 Å². The molecule has 29 heavy (non-hydrogen) atoms. The average molecular weight is 409 g/mol. The van der Waals surface area contributed by atoms with Gasteiger partial charge in [0.2, 0.25) is 0 Å². The second kappa shape index (κ2) is 8.15. The Bertz CT molecular complexity index is 1220. The summed E-state index contributed by atoms with van der Waals surface area (Å²) in [6.45, 7) is 0.691. The van der Waals surface area contributed by atoms with Gasteiger partial charge in [0.1, 0.15) is 5.65 Å². The van der Waals surface area contributed by atoms with Crippen LogP contribution in [0.5, 0.6) is 0 Å². The zero-order valence-electron chi connectivity index (χ0n) is 15.2. The van der Waals surface area contributed by atoms with E-state index in [0.29, 0.717) is 28.6 Å². The first-order chi connectivity index (χ1) is 14.1. The van der Waals surface area contributed by atoms with Crippen molar-refractivity contribution in [1.82, 2.24) is 24.5 Å². The summed E-state index contributed by atoms with van der Waals surface area (Å²) in [6, 6.07) is 13.8. The third-order valence-electron chi connectivity index (χ3n) is 4.20. The highest BCUT2D eigenvalue weighted by Gasteiger charge is 2.07. The van der Waals surface area contributed by atoms with Gasteiger partial charge in [0.15, 0.2) is 0 Å². The summed E-state index contributed by atoms with van der Waals surface area (Å²) >= 11 is 5.89. The highest BCUT2D eigenvalue weighted by atomic mass is 35.5. The second-order valence-electron chi connectivity index (χ2n) is 6.38. The number of nitrogens with one attached hydrogen (secondary N) is 2. The van der Waals surface area contributed by atoms with Crippen molar-refractivity contribution in [2.45, 2.75) is 13.1 Å². The Morgan fingerprint density at radius 1 is 1.14 bits per heavy atom. The quantitative estimate of drug-likeness (QED) is 0.531. The molecule has 2 amide bonds. The van der Waals surface area contributed by atoms with Crippen molar-refractivity contribution in [3.05, 3.63) is 93.8 Å². The largest absolute Gasteiger partial charge is 0.332 e. The number of benzene rings is 1. The van der Waals surface area contributed by atoms with Gasteiger partial charge in [-0.1, -0.05) is 29.8 Å². The highest BCUT2D eigenvalue weighted by Crippen LogP contribution is 2.12. The molecule has 0 aliphatic heterocycles. The first-order valence-electron chi connectivity index (χ1n) is 8.86. The Kier molecular flexibility index (Phi) is 5.26. The Hall–Kier alpha value is -3.65. The van der Waals surface area contributed by atoms with Crippen molar-refractivity contribution in [2.24, 2.45) is 0 Å². The molecule has 0 bridgehead atoms. The maximum atomic E-state index is 12.2. The van der Waals surface area contributed by atoms with E-state index in [1.54, 1.807) is 41.5 Å². The van der Waals surface area contributed by atoms with Crippen LogP contribution in [0.3, 0.4) is 0 Å². The van der Waals surface area contributed by atoms with E-state index in [9.17, 15) is 9.59 Å². The molecule has 3 aromatic heterocycles. The van der Waals surface area contributed by atoms with Crippen LogP contribution in [0.25, 0.3) is 5.65 Å². The molecule has 0 aliphatic rings. The van der Waals surface area contributed by atoms with Crippen molar-refractivity contribution in [3.8, 4) is 0 Å². The highest BCUT2D eigenvalue weighted by molar-refractivity contribution is 6.30. The van der Waals surface area contributed by atoms with E-state index in [2.05, 4.69) is 20.7 Å². The number of fused-ring (bicyclic) bond motifs is 1. The van der Waals surface area contributed by atoms with Crippen LogP contribution in [-0.2, 0) is 13.1 Å². The third-order valence-corrected chi connectivity index (χ3v) is 4.46. The molecule has 3 heterocycles. The maximum Gasteiger partial charge on any atom is 0.319 e. The Labute approximate surface area is 170 Å². The molecule has 0 saturated heterocycles. The molecular formula is C20H17ClN6O2. The molecule has 0 aliphatic carbocycles. The molecule has 4 rings (SSSR count). The van der Waals surface area contributed by atoms with Gasteiger partial charge < -0.3 is 10.6 Å². The standard InChI is InChI=1S/C20H17ClN6O2/c21-15-6-4-14(5-7-15)12-26-13-17(11-23-26)25-20(29)22-10-16-9-19(28)27-8-2-1-3-18(27)24-16/h1-9,11,13H,10,12H2,(H2,22,25,29). The zero-order valence-corrected chi connectivity index (χ0v) is 16.0. The summed E-state index contributed by atoms with van der Waals surface area (Å²) in [5.41, 5.74) is 2.41. The molecular weight excluding hydrogens is 392 g/mol. The van der Waals surface area contributed by atoms with E-state index < -0.39 is 6.03 Å². The Balaban J connectivity index is 1.35. The van der Waals surface area contributed by atoms with Crippen LogP contribution in [-0.4, -0.2) is 25.2 Å². The fourth-order valence-electron chi connectivity index (χ4n) is 2.83. The fourth-order valence-corrected chi connectivity index (χ4v) is 2.96. The number of hydrogen-bond acceptors (Lipinski definition) is 4. The minimum absolute atomic E-state index is 0.130. The van der Waals surface area contributed by atoms with Crippen LogP contribution in [0.2, 0.25) is 5.02 Å². The number of amides is 2. The number of carbonyl (C=O) groups excluding carboxylic acids is 1. The van der Waals surface area contributed by atoms with Crippen LogP contribution in [0.15, 0.2) is 71.9 Å². The first kappa shape index (κ1) is 18.7. The van der Waals surface area contributed by atoms with Gasteiger partial charge in [0.25, 0.3) is 5.56 Å². The zero-order chi connectivity index (χ0) is 20.2. The maximum absolute atomic E-state index is 12.2. The van der Waals surface area contributed by atoms with Crippen molar-refractivity contribution in [2.75, 3.05) is 5.32 Å². The minimum atomic E-state index is -0.411. The topological polar surface area (TPSA) is 93.3 Å². The molecule has 0 radical (unpaired) electrons. The van der Waals surface area contributed by atoms with Crippen molar-refractivity contribution in [1.29, 1.82) is 0 Å². The molecule has 0 saturated carbocycles. The van der Waals surface area contributed by atoms with Crippen LogP contribution < -0.4 is 16.2 Å². The lowest BCUT2D eigenvalue weighted by Crippen LogP contribution is -2.29. The number of anilines is 1. The van der Waals surface area contributed by atoms with Crippen LogP contribution in [0.4, 0.5) is 10.5 Å². The van der Waals surface area contributed by atoms with Crippen LogP contribution in [0, 0.1) is 0 Å². The monoisotopic (exact) mass is 408 g/mol. The van der Waals surface area contributed by atoms with Gasteiger partial charge in [-0.2, -0.15) is 5.10 Å². The molecule has 0 fully saturated rings. The number of nitrogens with zero attached hydrogens (tertiary/aromatic N) is 4. The van der Waals surface area contributed by atoms with E-state index >= 15 is 0 Å². The molecule has 4 aromatic rings. The summed E-state index contributed by atoms with van der Waals surface area (Å²) in [5.74, 6) is 0. The first-order valence-corrected chi connectivity index (χ1v) is 9.24. The minimum Gasteiger partial charge on any atom is -0.332 e. The van der Waals surface area contributed by atoms with Crippen LogP contribution in [0.1, 0.15) is 11.3 Å². The van der Waals surface area contributed by atoms with Gasteiger partial charge in [-0.3, -0.25) is 13.9 Å². The summed E-state index contributed by atoms with van der Waals surface area (Å²) in [6.07, 6.45) is 4.95. The Morgan fingerprint density at radius 3 is 2.79 bits per heavy atom. The van der Waals surface area contributed by atoms with Gasteiger partial charge in [0, 0.05) is 23.5 Å². The lowest BCUT2D eigenvalue weighted by Gasteiger charge is -2.07. The number of rotatable bonds is 5. The summed E-state index contributed by atoms with van der Waals surface area (Å²) in [7, 11) is 0. The lowest BCUT2D eigenvalue weighted by atomic mass is 10.2. The predicted octanol–water partition coefficient (Wildman–Crippen LogP) is 2.91. The number of urea groups is 1. The normalized spacial score (nSPS) is 10.8. The summed E-state index contributed by atoms with van der Waals surface area (Å²) < 4.78 is 3.16. The van der Waals surface area contributed by atoms with E-state index in [4.69, 9.17) is 11.6 Å². The second-order valence-corrected chi connectivity index (χ2v) is 6.81. The van der Waals surface area contributed by atoms with E-state index in [-0.39, 0.29) is 12.1 Å². The van der Waals surface area contributed by atoms with Gasteiger partial charge in [-0.15, -0.1) is 0 Å². The summed E-state index contributed by atoms with van der Waals surface area (Å²) in [5, 5.41) is 10.3. The number of hydrogen-bond donors (Lipinski definition) is 2. The van der Waals surface area contributed by atoms with Gasteiger partial charge >= 0.3 is 6.03 Å². The molecule has 1 aromatic carbocycles. The summed E-state index contributed by atoms with van der Waals surface area (Å²) in [4.78, 5) is 28.6. The third kappa shape index (κ3) is 4.61. The van der Waals surface area contributed by atoms with Crippen molar-refractivity contribution < 1.29 is 4.79 Å². The van der Waals surface area contributed by atoms with E-state index in [1.165, 1.54) is 10.5 Å². The molecule has 0 spiro atoms. The molecule has 146 valence electrons. The Morgan fingerprint density at radius 2 is 1.97 bits per heavy atom. The molecule has 2 N–H and O–H groups in total. The van der Waals surface area contributed by atoms with Gasteiger partial charge in [-0.25, -0.2) is 9.78 Å². The SMILES string of the molecule is O=C(NCc1cc(=O)n2ccccc2n1)Nc1cnn(Cc2ccc(Cl)cc2)c1. The average Bonchev–Trinajstić information content (AvgIpc) is 3.15. The number of carbonyl (C=O) groups is 1. The molecule has 8 nitrogen and oxygen atoms in total. The fraction of sp³-hybridized carbons (Fsp3) is 0.100. The smallest absolute Gasteiger partial charge is 0.319 e. The number of pyridine rings is 1. The predicted molar refractivity (Wildman–Crippen MR) is 110 cm³/mol.